The highest BCUT2D eigenvalue weighted by Crippen LogP contribution is 2.23. The van der Waals surface area contributed by atoms with Gasteiger partial charge in [0.25, 0.3) is 0 Å². The van der Waals surface area contributed by atoms with Crippen molar-refractivity contribution in [2.45, 2.75) is 51.2 Å². The minimum Gasteiger partial charge on any atom is -0.368 e. The van der Waals surface area contributed by atoms with Crippen molar-refractivity contribution in [1.29, 1.82) is 0 Å². The standard InChI is InChI=1S/C14H26N2O2.ClH/c1-3-4-9-18-11(2)14(17)16-13-8-6-5-7-12(13)10-15;/h3,11-13H,1,4-10,15H2,2H3,(H,16,17);1H. The summed E-state index contributed by atoms with van der Waals surface area (Å²) < 4.78 is 5.44. The van der Waals surface area contributed by atoms with Crippen molar-refractivity contribution in [1.82, 2.24) is 5.32 Å². The largest absolute Gasteiger partial charge is 0.368 e. The summed E-state index contributed by atoms with van der Waals surface area (Å²) in [4.78, 5) is 12.0. The smallest absolute Gasteiger partial charge is 0.249 e. The zero-order valence-corrected chi connectivity index (χ0v) is 12.6. The second-order valence-corrected chi connectivity index (χ2v) is 4.99. The van der Waals surface area contributed by atoms with Gasteiger partial charge in [-0.3, -0.25) is 4.79 Å². The molecule has 0 saturated heterocycles. The average molecular weight is 291 g/mol. The van der Waals surface area contributed by atoms with Crippen LogP contribution in [0, 0.1) is 5.92 Å². The van der Waals surface area contributed by atoms with Gasteiger partial charge in [0.05, 0.1) is 6.61 Å². The molecule has 1 saturated carbocycles. The monoisotopic (exact) mass is 290 g/mol. The Bertz CT molecular complexity index is 274. The molecule has 0 radical (unpaired) electrons. The lowest BCUT2D eigenvalue weighted by molar-refractivity contribution is -0.133. The fourth-order valence-corrected chi connectivity index (χ4v) is 2.38. The molecule has 0 spiro atoms. The van der Waals surface area contributed by atoms with Crippen molar-refractivity contribution in [3.63, 3.8) is 0 Å². The Morgan fingerprint density at radius 1 is 1.53 bits per heavy atom. The number of ether oxygens (including phenoxy) is 1. The van der Waals surface area contributed by atoms with E-state index in [0.717, 1.165) is 19.3 Å². The maximum Gasteiger partial charge on any atom is 0.249 e. The molecule has 1 fully saturated rings. The van der Waals surface area contributed by atoms with E-state index in [1.807, 2.05) is 0 Å². The first-order chi connectivity index (χ1) is 8.69. The van der Waals surface area contributed by atoms with E-state index >= 15 is 0 Å². The van der Waals surface area contributed by atoms with Gasteiger partial charge in [0.15, 0.2) is 0 Å². The topological polar surface area (TPSA) is 64.3 Å². The van der Waals surface area contributed by atoms with E-state index in [1.54, 1.807) is 13.0 Å². The van der Waals surface area contributed by atoms with Crippen molar-refractivity contribution in [2.24, 2.45) is 11.7 Å². The van der Waals surface area contributed by atoms with Gasteiger partial charge in [-0.1, -0.05) is 18.9 Å². The van der Waals surface area contributed by atoms with Crippen molar-refractivity contribution < 1.29 is 9.53 Å². The second-order valence-electron chi connectivity index (χ2n) is 4.99. The van der Waals surface area contributed by atoms with Gasteiger partial charge in [-0.05, 0) is 38.6 Å². The molecule has 1 amide bonds. The Morgan fingerprint density at radius 2 is 2.21 bits per heavy atom. The van der Waals surface area contributed by atoms with E-state index in [1.165, 1.54) is 12.8 Å². The van der Waals surface area contributed by atoms with Crippen molar-refractivity contribution >= 4 is 18.3 Å². The lowest BCUT2D eigenvalue weighted by Gasteiger charge is -2.32. The van der Waals surface area contributed by atoms with Gasteiger partial charge in [-0.15, -0.1) is 19.0 Å². The number of nitrogens with one attached hydrogen (secondary N) is 1. The zero-order chi connectivity index (χ0) is 13.4. The van der Waals surface area contributed by atoms with E-state index in [0.29, 0.717) is 19.1 Å². The zero-order valence-electron chi connectivity index (χ0n) is 11.8. The molecule has 0 aromatic carbocycles. The van der Waals surface area contributed by atoms with E-state index in [4.69, 9.17) is 10.5 Å². The van der Waals surface area contributed by atoms with Crippen LogP contribution in [0.3, 0.4) is 0 Å². The van der Waals surface area contributed by atoms with Gasteiger partial charge in [0.1, 0.15) is 6.10 Å². The molecule has 0 bridgehead atoms. The highest BCUT2D eigenvalue weighted by atomic mass is 35.5. The molecule has 3 unspecified atom stereocenters. The third kappa shape index (κ3) is 6.41. The predicted octanol–water partition coefficient (Wildman–Crippen LogP) is 2.02. The summed E-state index contributed by atoms with van der Waals surface area (Å²) in [5.74, 6) is 0.396. The van der Waals surface area contributed by atoms with E-state index < -0.39 is 6.10 Å². The number of carbonyl (C=O) groups excluding carboxylic acids is 1. The molecule has 0 aromatic rings. The number of hydrogen-bond acceptors (Lipinski definition) is 3. The van der Waals surface area contributed by atoms with Gasteiger partial charge in [0, 0.05) is 6.04 Å². The van der Waals surface area contributed by atoms with Crippen LogP contribution in [0.25, 0.3) is 0 Å². The first-order valence-corrected chi connectivity index (χ1v) is 6.92. The van der Waals surface area contributed by atoms with Crippen LogP contribution in [0.15, 0.2) is 12.7 Å². The SMILES string of the molecule is C=CCCOC(C)C(=O)NC1CCCCC1CN.Cl. The third-order valence-corrected chi connectivity index (χ3v) is 3.60. The summed E-state index contributed by atoms with van der Waals surface area (Å²) >= 11 is 0. The lowest BCUT2D eigenvalue weighted by Crippen LogP contribution is -2.48. The Morgan fingerprint density at radius 3 is 2.84 bits per heavy atom. The Labute approximate surface area is 122 Å². The number of amides is 1. The van der Waals surface area contributed by atoms with Crippen molar-refractivity contribution in [3.8, 4) is 0 Å². The van der Waals surface area contributed by atoms with Crippen LogP contribution in [0.4, 0.5) is 0 Å². The lowest BCUT2D eigenvalue weighted by atomic mass is 9.84. The van der Waals surface area contributed by atoms with E-state index in [2.05, 4.69) is 11.9 Å². The van der Waals surface area contributed by atoms with Crippen LogP contribution >= 0.6 is 12.4 Å². The molecule has 0 aliphatic heterocycles. The first-order valence-electron chi connectivity index (χ1n) is 6.92. The molecular formula is C14H27ClN2O2. The summed E-state index contributed by atoms with van der Waals surface area (Å²) in [5, 5.41) is 3.08. The number of hydrogen-bond donors (Lipinski definition) is 2. The molecule has 0 heterocycles. The molecule has 112 valence electrons. The number of rotatable bonds is 7. The highest BCUT2D eigenvalue weighted by Gasteiger charge is 2.26. The molecule has 1 aliphatic rings. The molecule has 0 aromatic heterocycles. The van der Waals surface area contributed by atoms with Crippen molar-refractivity contribution in [3.05, 3.63) is 12.7 Å². The van der Waals surface area contributed by atoms with Crippen LogP contribution in [0.1, 0.15) is 39.0 Å². The molecule has 4 nitrogen and oxygen atoms in total. The fourth-order valence-electron chi connectivity index (χ4n) is 2.38. The van der Waals surface area contributed by atoms with Crippen LogP contribution in [-0.2, 0) is 9.53 Å². The third-order valence-electron chi connectivity index (χ3n) is 3.60. The van der Waals surface area contributed by atoms with E-state index in [-0.39, 0.29) is 24.4 Å². The second kappa shape index (κ2) is 10.2. The molecule has 3 N–H and O–H groups in total. The molecular weight excluding hydrogens is 264 g/mol. The van der Waals surface area contributed by atoms with Crippen LogP contribution in [-0.4, -0.2) is 31.2 Å². The normalized spacial score (nSPS) is 24.1. The van der Waals surface area contributed by atoms with Crippen LogP contribution < -0.4 is 11.1 Å². The quantitative estimate of drug-likeness (QED) is 0.557. The number of nitrogens with two attached hydrogens (primary N) is 1. The van der Waals surface area contributed by atoms with Crippen LogP contribution in [0.5, 0.6) is 0 Å². The van der Waals surface area contributed by atoms with Gasteiger partial charge in [0.2, 0.25) is 5.91 Å². The molecule has 19 heavy (non-hydrogen) atoms. The number of halogens is 1. The summed E-state index contributed by atoms with van der Waals surface area (Å²) in [7, 11) is 0. The summed E-state index contributed by atoms with van der Waals surface area (Å²) in [5.41, 5.74) is 5.75. The molecule has 1 rings (SSSR count). The van der Waals surface area contributed by atoms with Crippen LogP contribution in [0.2, 0.25) is 0 Å². The van der Waals surface area contributed by atoms with Crippen molar-refractivity contribution in [2.75, 3.05) is 13.2 Å². The Hall–Kier alpha value is -0.580. The van der Waals surface area contributed by atoms with Gasteiger partial charge < -0.3 is 15.8 Å². The minimum atomic E-state index is -0.398. The fraction of sp³-hybridized carbons (Fsp3) is 0.786. The molecule has 3 atom stereocenters. The van der Waals surface area contributed by atoms with Gasteiger partial charge in [-0.25, -0.2) is 0 Å². The Balaban J connectivity index is 0.00000324. The van der Waals surface area contributed by atoms with E-state index in [9.17, 15) is 4.79 Å². The highest BCUT2D eigenvalue weighted by molar-refractivity contribution is 5.85. The molecule has 5 heteroatoms. The maximum absolute atomic E-state index is 12.0. The Kier molecular flexibility index (Phi) is 9.92. The molecule has 1 aliphatic carbocycles. The van der Waals surface area contributed by atoms with Gasteiger partial charge >= 0.3 is 0 Å². The van der Waals surface area contributed by atoms with Gasteiger partial charge in [-0.2, -0.15) is 0 Å². The average Bonchev–Trinajstić information content (AvgIpc) is 2.39. The maximum atomic E-state index is 12.0. The first kappa shape index (κ1) is 18.4. The summed E-state index contributed by atoms with van der Waals surface area (Å²) in [6, 6.07) is 0.224. The summed E-state index contributed by atoms with van der Waals surface area (Å²) in [6.45, 7) is 6.61. The minimum absolute atomic E-state index is 0. The predicted molar refractivity (Wildman–Crippen MR) is 80.4 cm³/mol. The summed E-state index contributed by atoms with van der Waals surface area (Å²) in [6.07, 6.45) is 6.71. The number of carbonyl (C=O) groups is 1.